The largest absolute Gasteiger partial charge is 0.488 e. The van der Waals surface area contributed by atoms with E-state index in [2.05, 4.69) is 27.8 Å². The van der Waals surface area contributed by atoms with E-state index in [-0.39, 0.29) is 41.8 Å². The van der Waals surface area contributed by atoms with E-state index in [4.69, 9.17) is 9.47 Å². The van der Waals surface area contributed by atoms with E-state index >= 15 is 0 Å². The van der Waals surface area contributed by atoms with Crippen LogP contribution >= 0.6 is 0 Å². The van der Waals surface area contributed by atoms with Gasteiger partial charge >= 0.3 is 5.97 Å². The SMILES string of the molecule is CC(C)COC(=O)C[C@@H]1CC2(CC2Oc2ccc(CCNc3ccccn3)cc2)NC1=O. The maximum Gasteiger partial charge on any atom is 0.306 e. The van der Waals surface area contributed by atoms with Crippen molar-refractivity contribution in [1.82, 2.24) is 10.3 Å². The molecule has 1 amide bonds. The van der Waals surface area contributed by atoms with Crippen molar-refractivity contribution < 1.29 is 19.1 Å². The van der Waals surface area contributed by atoms with Crippen LogP contribution in [-0.4, -0.2) is 41.7 Å². The molecule has 0 bridgehead atoms. The fourth-order valence-corrected chi connectivity index (χ4v) is 4.09. The highest BCUT2D eigenvalue weighted by molar-refractivity contribution is 5.87. The molecule has 1 aliphatic carbocycles. The Bertz CT molecular complexity index is 932. The van der Waals surface area contributed by atoms with Crippen molar-refractivity contribution in [2.45, 2.75) is 51.2 Å². The van der Waals surface area contributed by atoms with Gasteiger partial charge in [-0.25, -0.2) is 4.98 Å². The van der Waals surface area contributed by atoms with Gasteiger partial charge < -0.3 is 20.1 Å². The van der Waals surface area contributed by atoms with Crippen LogP contribution in [0.1, 0.15) is 38.7 Å². The maximum absolute atomic E-state index is 12.4. The topological polar surface area (TPSA) is 89.6 Å². The van der Waals surface area contributed by atoms with Gasteiger partial charge in [0.25, 0.3) is 0 Å². The van der Waals surface area contributed by atoms with Crippen molar-refractivity contribution in [3.63, 3.8) is 0 Å². The zero-order chi connectivity index (χ0) is 22.6. The molecule has 4 rings (SSSR count). The Kier molecular flexibility index (Phi) is 6.63. The van der Waals surface area contributed by atoms with Crippen LogP contribution < -0.4 is 15.4 Å². The number of nitrogens with zero attached hydrogens (tertiary/aromatic N) is 1. The molecule has 2 N–H and O–H groups in total. The Labute approximate surface area is 188 Å². The number of anilines is 1. The molecule has 2 aromatic rings. The van der Waals surface area contributed by atoms with Gasteiger partial charge in [0.2, 0.25) is 5.91 Å². The first kappa shape index (κ1) is 22.1. The zero-order valence-electron chi connectivity index (χ0n) is 18.7. The molecule has 0 radical (unpaired) electrons. The van der Waals surface area contributed by atoms with Gasteiger partial charge in [0.1, 0.15) is 17.7 Å². The van der Waals surface area contributed by atoms with Crippen LogP contribution in [-0.2, 0) is 20.7 Å². The molecule has 1 aromatic carbocycles. The first-order chi connectivity index (χ1) is 15.4. The van der Waals surface area contributed by atoms with Crippen LogP contribution in [0.25, 0.3) is 0 Å². The smallest absolute Gasteiger partial charge is 0.306 e. The second-order valence-electron chi connectivity index (χ2n) is 9.17. The van der Waals surface area contributed by atoms with E-state index in [0.29, 0.717) is 13.0 Å². The van der Waals surface area contributed by atoms with E-state index in [1.54, 1.807) is 6.20 Å². The monoisotopic (exact) mass is 437 g/mol. The van der Waals surface area contributed by atoms with Gasteiger partial charge in [0, 0.05) is 19.2 Å². The van der Waals surface area contributed by atoms with Crippen LogP contribution in [0.2, 0.25) is 0 Å². The molecule has 1 saturated heterocycles. The number of carbonyl (C=O) groups excluding carboxylic acids is 2. The summed E-state index contributed by atoms with van der Waals surface area (Å²) in [5.41, 5.74) is 0.867. The molecule has 1 saturated carbocycles. The summed E-state index contributed by atoms with van der Waals surface area (Å²) >= 11 is 0. The lowest BCUT2D eigenvalue weighted by atomic mass is 10.00. The fourth-order valence-electron chi connectivity index (χ4n) is 4.09. The lowest BCUT2D eigenvalue weighted by Gasteiger charge is -2.12. The van der Waals surface area contributed by atoms with Gasteiger partial charge in [-0.1, -0.05) is 32.0 Å². The van der Waals surface area contributed by atoms with Crippen molar-refractivity contribution in [1.29, 1.82) is 0 Å². The summed E-state index contributed by atoms with van der Waals surface area (Å²) in [6, 6.07) is 13.9. The molecular formula is C25H31N3O4. The van der Waals surface area contributed by atoms with Gasteiger partial charge in [-0.15, -0.1) is 0 Å². The third-order valence-corrected chi connectivity index (χ3v) is 5.94. The highest BCUT2D eigenvalue weighted by Gasteiger charge is 2.63. The van der Waals surface area contributed by atoms with Crippen LogP contribution in [0, 0.1) is 11.8 Å². The summed E-state index contributed by atoms with van der Waals surface area (Å²) in [6.45, 7) is 5.17. The third kappa shape index (κ3) is 5.58. The number of esters is 1. The van der Waals surface area contributed by atoms with Crippen molar-refractivity contribution in [3.05, 3.63) is 54.2 Å². The van der Waals surface area contributed by atoms with Gasteiger partial charge in [0.05, 0.1) is 24.5 Å². The molecule has 2 unspecified atom stereocenters. The van der Waals surface area contributed by atoms with Crippen LogP contribution in [0.3, 0.4) is 0 Å². The standard InChI is InChI=1S/C25H31N3O4/c1-17(2)16-31-23(29)13-19-14-25(28-24(19)30)15-21(25)32-20-8-6-18(7-9-20)10-12-27-22-5-3-4-11-26-22/h3-9,11,17,19,21H,10,12-16H2,1-2H3,(H,26,27)(H,28,30)/t19-,21?,25?/m1/s1. The number of rotatable bonds is 10. The molecule has 2 heterocycles. The molecule has 7 heteroatoms. The predicted molar refractivity (Wildman–Crippen MR) is 121 cm³/mol. The highest BCUT2D eigenvalue weighted by Crippen LogP contribution is 2.48. The minimum atomic E-state index is -0.342. The lowest BCUT2D eigenvalue weighted by molar-refractivity contribution is -0.147. The van der Waals surface area contributed by atoms with Gasteiger partial charge in [0.15, 0.2) is 0 Å². The number of carbonyl (C=O) groups is 2. The Balaban J connectivity index is 1.22. The minimum absolute atomic E-state index is 0.0557. The molecule has 1 aliphatic heterocycles. The lowest BCUT2D eigenvalue weighted by Crippen LogP contribution is -2.32. The zero-order valence-corrected chi connectivity index (χ0v) is 18.7. The van der Waals surface area contributed by atoms with Crippen LogP contribution in [0.4, 0.5) is 5.82 Å². The van der Waals surface area contributed by atoms with E-state index in [1.165, 1.54) is 5.56 Å². The van der Waals surface area contributed by atoms with Crippen molar-refractivity contribution >= 4 is 17.7 Å². The van der Waals surface area contributed by atoms with E-state index < -0.39 is 0 Å². The van der Waals surface area contributed by atoms with Gasteiger partial charge in [-0.2, -0.15) is 0 Å². The molecule has 1 spiro atoms. The van der Waals surface area contributed by atoms with Crippen LogP contribution in [0.15, 0.2) is 48.7 Å². The first-order valence-corrected chi connectivity index (χ1v) is 11.3. The van der Waals surface area contributed by atoms with Crippen molar-refractivity contribution in [2.24, 2.45) is 11.8 Å². The summed E-state index contributed by atoms with van der Waals surface area (Å²) in [5.74, 6) is 1.24. The third-order valence-electron chi connectivity index (χ3n) is 5.94. The summed E-state index contributed by atoms with van der Waals surface area (Å²) in [6.07, 6.45) is 4.12. The number of pyridine rings is 1. The van der Waals surface area contributed by atoms with E-state index in [9.17, 15) is 9.59 Å². The maximum atomic E-state index is 12.4. The first-order valence-electron chi connectivity index (χ1n) is 11.3. The Hall–Kier alpha value is -3.09. The number of hydrogen-bond acceptors (Lipinski definition) is 6. The fraction of sp³-hybridized carbons (Fsp3) is 0.480. The summed E-state index contributed by atoms with van der Waals surface area (Å²) < 4.78 is 11.3. The second kappa shape index (κ2) is 9.59. The number of nitrogens with one attached hydrogen (secondary N) is 2. The summed E-state index contributed by atoms with van der Waals surface area (Å²) in [7, 11) is 0. The average Bonchev–Trinajstić information content (AvgIpc) is 3.33. The van der Waals surface area contributed by atoms with Crippen molar-refractivity contribution in [2.75, 3.05) is 18.5 Å². The molecule has 32 heavy (non-hydrogen) atoms. The molecular weight excluding hydrogens is 406 g/mol. The molecule has 1 aromatic heterocycles. The number of hydrogen-bond donors (Lipinski definition) is 2. The number of ether oxygens (including phenoxy) is 2. The number of amides is 1. The molecule has 2 fully saturated rings. The van der Waals surface area contributed by atoms with Gasteiger partial charge in [-0.3, -0.25) is 9.59 Å². The molecule has 2 aliphatic rings. The summed E-state index contributed by atoms with van der Waals surface area (Å²) in [5, 5.41) is 6.37. The van der Waals surface area contributed by atoms with Crippen molar-refractivity contribution in [3.8, 4) is 5.75 Å². The van der Waals surface area contributed by atoms with Crippen LogP contribution in [0.5, 0.6) is 5.75 Å². The minimum Gasteiger partial charge on any atom is -0.488 e. The average molecular weight is 438 g/mol. The normalized spacial score (nSPS) is 23.8. The Morgan fingerprint density at radius 1 is 1.22 bits per heavy atom. The van der Waals surface area contributed by atoms with E-state index in [1.807, 2.05) is 44.2 Å². The molecule has 3 atom stereocenters. The second-order valence-corrected chi connectivity index (χ2v) is 9.17. The Morgan fingerprint density at radius 3 is 2.75 bits per heavy atom. The number of benzene rings is 1. The van der Waals surface area contributed by atoms with E-state index in [0.717, 1.165) is 31.0 Å². The Morgan fingerprint density at radius 2 is 2.03 bits per heavy atom. The summed E-state index contributed by atoms with van der Waals surface area (Å²) in [4.78, 5) is 28.6. The van der Waals surface area contributed by atoms with Gasteiger partial charge in [-0.05, 0) is 48.6 Å². The highest BCUT2D eigenvalue weighted by atomic mass is 16.5. The quantitative estimate of drug-likeness (QED) is 0.554. The number of aromatic nitrogens is 1. The molecule has 170 valence electrons. The molecule has 7 nitrogen and oxygen atoms in total. The predicted octanol–water partition coefficient (Wildman–Crippen LogP) is 3.35.